The van der Waals surface area contributed by atoms with Gasteiger partial charge in [-0.3, -0.25) is 0 Å². The number of hydrogen-bond donors (Lipinski definition) is 1. The Balaban J connectivity index is 1.37. The van der Waals surface area contributed by atoms with Crippen LogP contribution in [0.4, 0.5) is 0 Å². The van der Waals surface area contributed by atoms with Crippen molar-refractivity contribution >= 4 is 0 Å². The van der Waals surface area contributed by atoms with Crippen molar-refractivity contribution < 1.29 is 0 Å². The van der Waals surface area contributed by atoms with E-state index < -0.39 is 0 Å². The Morgan fingerprint density at radius 1 is 1.07 bits per heavy atom. The van der Waals surface area contributed by atoms with E-state index in [-0.39, 0.29) is 0 Å². The highest BCUT2D eigenvalue weighted by Crippen LogP contribution is 2.37. The van der Waals surface area contributed by atoms with Crippen LogP contribution in [0.15, 0.2) is 60.8 Å². The maximum atomic E-state index is 9.05. The zero-order valence-electron chi connectivity index (χ0n) is 17.0. The van der Waals surface area contributed by atoms with Crippen LogP contribution in [-0.2, 0) is 6.42 Å². The molecule has 4 rings (SSSR count). The molecule has 0 saturated carbocycles. The fourth-order valence-corrected chi connectivity index (χ4v) is 4.41. The Morgan fingerprint density at radius 3 is 2.62 bits per heavy atom. The minimum atomic E-state index is 0.302. The molecule has 0 aliphatic carbocycles. The van der Waals surface area contributed by atoms with Crippen molar-refractivity contribution in [2.24, 2.45) is 0 Å². The lowest BCUT2D eigenvalue weighted by Gasteiger charge is -2.33. The number of aromatic nitrogens is 2. The average molecular weight is 385 g/mol. The lowest BCUT2D eigenvalue weighted by atomic mass is 9.92. The Morgan fingerprint density at radius 2 is 1.86 bits per heavy atom. The van der Waals surface area contributed by atoms with E-state index in [9.17, 15) is 0 Å². The van der Waals surface area contributed by atoms with Gasteiger partial charge in [-0.05, 0) is 68.8 Å². The van der Waals surface area contributed by atoms with Crippen molar-refractivity contribution in [3.8, 4) is 6.07 Å². The minimum absolute atomic E-state index is 0.302. The highest BCUT2D eigenvalue weighted by Gasteiger charge is 2.29. The van der Waals surface area contributed by atoms with Crippen LogP contribution in [0.5, 0.6) is 0 Å². The molecule has 1 aliphatic heterocycles. The van der Waals surface area contributed by atoms with Crippen molar-refractivity contribution in [2.45, 2.75) is 51.1 Å². The van der Waals surface area contributed by atoms with Crippen molar-refractivity contribution in [3.63, 3.8) is 0 Å². The van der Waals surface area contributed by atoms with E-state index in [0.29, 0.717) is 17.6 Å². The van der Waals surface area contributed by atoms with Crippen LogP contribution in [0.25, 0.3) is 0 Å². The second-order valence-electron chi connectivity index (χ2n) is 7.88. The molecule has 0 spiro atoms. The van der Waals surface area contributed by atoms with Crippen LogP contribution in [0.3, 0.4) is 0 Å². The van der Waals surface area contributed by atoms with Crippen molar-refractivity contribution in [1.29, 1.82) is 5.26 Å². The van der Waals surface area contributed by atoms with Gasteiger partial charge in [0, 0.05) is 6.04 Å². The lowest BCUT2D eigenvalue weighted by Crippen LogP contribution is -2.31. The maximum Gasteiger partial charge on any atom is 0.106 e. The molecule has 148 valence electrons. The summed E-state index contributed by atoms with van der Waals surface area (Å²) in [4.78, 5) is 4.61. The highest BCUT2D eigenvalue weighted by atomic mass is 15.1. The standard InChI is InChI=1S/C25H28N4/c1-19-28-18-25-23(27-16-6-5-9-20-7-3-2-4-8-20)14-15-24(29(19)25)22-12-10-21(17-26)11-13-22/h2-4,7-8,10-13,18,23-24,27H,5-6,9,14-16H2,1H3. The third-order valence-electron chi connectivity index (χ3n) is 5.96. The van der Waals surface area contributed by atoms with E-state index >= 15 is 0 Å². The largest absolute Gasteiger partial charge is 0.323 e. The monoisotopic (exact) mass is 384 g/mol. The first kappa shape index (κ1) is 19.4. The molecule has 2 heterocycles. The molecule has 2 unspecified atom stereocenters. The zero-order valence-corrected chi connectivity index (χ0v) is 17.0. The Labute approximate surface area is 173 Å². The minimum Gasteiger partial charge on any atom is -0.323 e. The van der Waals surface area contributed by atoms with Crippen molar-refractivity contribution in [1.82, 2.24) is 14.9 Å². The first-order valence-corrected chi connectivity index (χ1v) is 10.6. The predicted octanol–water partition coefficient (Wildman–Crippen LogP) is 5.10. The average Bonchev–Trinajstić information content (AvgIpc) is 3.16. The number of hydrogen-bond acceptors (Lipinski definition) is 3. The number of aryl methyl sites for hydroxylation is 2. The Bertz CT molecular complexity index is 966. The number of nitrogens with one attached hydrogen (secondary N) is 1. The molecule has 1 aromatic heterocycles. The van der Waals surface area contributed by atoms with E-state index in [1.54, 1.807) is 0 Å². The van der Waals surface area contributed by atoms with Crippen LogP contribution in [-0.4, -0.2) is 16.1 Å². The van der Waals surface area contributed by atoms with Crippen molar-refractivity contribution in [2.75, 3.05) is 6.54 Å². The second-order valence-corrected chi connectivity index (χ2v) is 7.88. The molecule has 1 N–H and O–H groups in total. The zero-order chi connectivity index (χ0) is 20.1. The summed E-state index contributed by atoms with van der Waals surface area (Å²) < 4.78 is 2.38. The van der Waals surface area contributed by atoms with Gasteiger partial charge in [-0.15, -0.1) is 0 Å². The van der Waals surface area contributed by atoms with E-state index in [0.717, 1.165) is 31.6 Å². The number of fused-ring (bicyclic) bond motifs is 1. The molecule has 0 bridgehead atoms. The van der Waals surface area contributed by atoms with Gasteiger partial charge in [0.05, 0.1) is 29.6 Å². The lowest BCUT2D eigenvalue weighted by molar-refractivity contribution is 0.354. The van der Waals surface area contributed by atoms with E-state index in [2.05, 4.69) is 70.3 Å². The number of imidazole rings is 1. The second kappa shape index (κ2) is 9.07. The molecule has 0 fully saturated rings. The van der Waals surface area contributed by atoms with Gasteiger partial charge < -0.3 is 9.88 Å². The van der Waals surface area contributed by atoms with Crippen LogP contribution in [0.1, 0.15) is 66.0 Å². The molecular formula is C25H28N4. The number of unbranched alkanes of at least 4 members (excludes halogenated alkanes) is 1. The van der Waals surface area contributed by atoms with Gasteiger partial charge in [0.15, 0.2) is 0 Å². The van der Waals surface area contributed by atoms with Gasteiger partial charge in [0.25, 0.3) is 0 Å². The summed E-state index contributed by atoms with van der Waals surface area (Å²) >= 11 is 0. The summed E-state index contributed by atoms with van der Waals surface area (Å²) in [5.41, 5.74) is 4.67. The van der Waals surface area contributed by atoms with E-state index in [4.69, 9.17) is 5.26 Å². The summed E-state index contributed by atoms with van der Waals surface area (Å²) in [7, 11) is 0. The number of benzene rings is 2. The van der Waals surface area contributed by atoms with Gasteiger partial charge >= 0.3 is 0 Å². The Kier molecular flexibility index (Phi) is 6.07. The number of nitrogens with zero attached hydrogens (tertiary/aromatic N) is 3. The molecule has 1 aliphatic rings. The SMILES string of the molecule is Cc1ncc2n1C(c1ccc(C#N)cc1)CCC2NCCCCc1ccccc1. The first-order chi connectivity index (χ1) is 14.3. The molecule has 3 aromatic rings. The van der Waals surface area contributed by atoms with Crippen LogP contribution in [0.2, 0.25) is 0 Å². The van der Waals surface area contributed by atoms with Gasteiger partial charge in [-0.2, -0.15) is 5.26 Å². The predicted molar refractivity (Wildman–Crippen MR) is 116 cm³/mol. The van der Waals surface area contributed by atoms with Crippen molar-refractivity contribution in [3.05, 3.63) is 89.0 Å². The van der Waals surface area contributed by atoms with Gasteiger partial charge in [-0.25, -0.2) is 4.98 Å². The quantitative estimate of drug-likeness (QED) is 0.577. The highest BCUT2D eigenvalue weighted by molar-refractivity contribution is 5.34. The Hall–Kier alpha value is -2.90. The smallest absolute Gasteiger partial charge is 0.106 e. The molecule has 0 radical (unpaired) electrons. The normalized spacial score (nSPS) is 18.2. The van der Waals surface area contributed by atoms with E-state index in [1.807, 2.05) is 18.3 Å². The molecule has 0 saturated heterocycles. The molecule has 4 heteroatoms. The summed E-state index contributed by atoms with van der Waals surface area (Å²) in [6.45, 7) is 3.12. The molecule has 2 atom stereocenters. The van der Waals surface area contributed by atoms with Crippen LogP contribution < -0.4 is 5.32 Å². The summed E-state index contributed by atoms with van der Waals surface area (Å²) in [6.07, 6.45) is 7.75. The first-order valence-electron chi connectivity index (χ1n) is 10.6. The summed E-state index contributed by atoms with van der Waals surface area (Å²) in [5, 5.41) is 12.8. The molecule has 0 amide bonds. The maximum absolute atomic E-state index is 9.05. The third-order valence-corrected chi connectivity index (χ3v) is 5.96. The molecule has 4 nitrogen and oxygen atoms in total. The summed E-state index contributed by atoms with van der Waals surface area (Å²) in [5.74, 6) is 1.06. The fourth-order valence-electron chi connectivity index (χ4n) is 4.41. The molecule has 29 heavy (non-hydrogen) atoms. The van der Waals surface area contributed by atoms with Gasteiger partial charge in [0.2, 0.25) is 0 Å². The third kappa shape index (κ3) is 4.41. The van der Waals surface area contributed by atoms with Crippen LogP contribution >= 0.6 is 0 Å². The number of nitriles is 1. The summed E-state index contributed by atoms with van der Waals surface area (Å²) in [6, 6.07) is 21.6. The molecule has 2 aromatic carbocycles. The van der Waals surface area contributed by atoms with E-state index in [1.165, 1.54) is 29.7 Å². The van der Waals surface area contributed by atoms with Gasteiger partial charge in [0.1, 0.15) is 5.82 Å². The van der Waals surface area contributed by atoms with Gasteiger partial charge in [-0.1, -0.05) is 42.5 Å². The number of rotatable bonds is 7. The van der Waals surface area contributed by atoms with Crippen LogP contribution in [0, 0.1) is 18.3 Å². The topological polar surface area (TPSA) is 53.6 Å². The fraction of sp³-hybridized carbons (Fsp3) is 0.360. The molecular weight excluding hydrogens is 356 g/mol.